The third-order valence-corrected chi connectivity index (χ3v) is 3.75. The van der Waals surface area contributed by atoms with Crippen molar-refractivity contribution in [2.75, 3.05) is 6.54 Å². The van der Waals surface area contributed by atoms with Gasteiger partial charge in [0.05, 0.1) is 6.42 Å². The van der Waals surface area contributed by atoms with Gasteiger partial charge in [-0.25, -0.2) is 0 Å². The van der Waals surface area contributed by atoms with Crippen LogP contribution in [-0.2, 0) is 0 Å². The SMILES string of the molecule is CC(CNC(CC(F)(F)F)c1ccccc1)C1CC1. The average Bonchev–Trinajstić information content (AvgIpc) is 3.18. The molecule has 0 spiro atoms. The second-order valence-electron chi connectivity index (χ2n) is 5.51. The summed E-state index contributed by atoms with van der Waals surface area (Å²) in [6, 6.07) is 8.26. The lowest BCUT2D eigenvalue weighted by atomic mass is 10.0. The maximum Gasteiger partial charge on any atom is 0.390 e. The van der Waals surface area contributed by atoms with Crippen molar-refractivity contribution in [1.82, 2.24) is 5.32 Å². The molecule has 2 unspecified atom stereocenters. The molecule has 0 radical (unpaired) electrons. The molecule has 2 rings (SSSR count). The number of benzene rings is 1. The average molecular weight is 271 g/mol. The van der Waals surface area contributed by atoms with Crippen LogP contribution >= 0.6 is 0 Å². The van der Waals surface area contributed by atoms with Crippen molar-refractivity contribution in [3.63, 3.8) is 0 Å². The Kier molecular flexibility index (Phi) is 4.50. The van der Waals surface area contributed by atoms with E-state index in [9.17, 15) is 13.2 Å². The van der Waals surface area contributed by atoms with Gasteiger partial charge in [-0.3, -0.25) is 0 Å². The van der Waals surface area contributed by atoms with Gasteiger partial charge in [0.2, 0.25) is 0 Å². The number of halogens is 3. The van der Waals surface area contributed by atoms with Gasteiger partial charge in [-0.05, 0) is 36.8 Å². The van der Waals surface area contributed by atoms with Crippen LogP contribution in [-0.4, -0.2) is 12.7 Å². The summed E-state index contributed by atoms with van der Waals surface area (Å²) in [5.41, 5.74) is 0.711. The van der Waals surface area contributed by atoms with Gasteiger partial charge in [-0.15, -0.1) is 0 Å². The zero-order valence-corrected chi connectivity index (χ0v) is 11.1. The first kappa shape index (κ1) is 14.4. The van der Waals surface area contributed by atoms with Crippen LogP contribution in [0.15, 0.2) is 30.3 Å². The van der Waals surface area contributed by atoms with Crippen LogP contribution in [0, 0.1) is 11.8 Å². The Morgan fingerprint density at radius 2 is 1.84 bits per heavy atom. The normalized spacial score (nSPS) is 19.2. The Hall–Kier alpha value is -1.03. The quantitative estimate of drug-likeness (QED) is 0.812. The third kappa shape index (κ3) is 4.86. The fourth-order valence-electron chi connectivity index (χ4n) is 2.38. The highest BCUT2D eigenvalue weighted by atomic mass is 19.4. The van der Waals surface area contributed by atoms with Crippen molar-refractivity contribution in [2.24, 2.45) is 11.8 Å². The Bertz CT molecular complexity index is 384. The van der Waals surface area contributed by atoms with Gasteiger partial charge < -0.3 is 5.32 Å². The summed E-state index contributed by atoms with van der Waals surface area (Å²) < 4.78 is 37.9. The van der Waals surface area contributed by atoms with E-state index in [2.05, 4.69) is 12.2 Å². The third-order valence-electron chi connectivity index (χ3n) is 3.75. The van der Waals surface area contributed by atoms with Crippen LogP contribution in [0.1, 0.15) is 37.8 Å². The molecule has 0 bridgehead atoms. The first-order chi connectivity index (χ1) is 8.96. The standard InChI is InChI=1S/C15H20F3N/c1-11(12-7-8-12)10-19-14(9-15(16,17)18)13-5-3-2-4-6-13/h2-6,11-12,14,19H,7-10H2,1H3. The number of hydrogen-bond donors (Lipinski definition) is 1. The molecular formula is C15H20F3N. The van der Waals surface area contributed by atoms with Gasteiger partial charge in [-0.1, -0.05) is 37.3 Å². The van der Waals surface area contributed by atoms with Crippen molar-refractivity contribution < 1.29 is 13.2 Å². The van der Waals surface area contributed by atoms with Gasteiger partial charge in [0.25, 0.3) is 0 Å². The molecule has 4 heteroatoms. The molecule has 1 aliphatic rings. The van der Waals surface area contributed by atoms with Gasteiger partial charge in [0.15, 0.2) is 0 Å². The monoisotopic (exact) mass is 271 g/mol. The largest absolute Gasteiger partial charge is 0.390 e. The van der Waals surface area contributed by atoms with Crippen molar-refractivity contribution in [3.05, 3.63) is 35.9 Å². The highest BCUT2D eigenvalue weighted by Crippen LogP contribution is 2.37. The highest BCUT2D eigenvalue weighted by Gasteiger charge is 2.33. The minimum Gasteiger partial charge on any atom is -0.309 e. The maximum atomic E-state index is 12.6. The summed E-state index contributed by atoms with van der Waals surface area (Å²) in [6.45, 7) is 2.76. The smallest absolute Gasteiger partial charge is 0.309 e. The van der Waals surface area contributed by atoms with E-state index in [0.29, 0.717) is 23.9 Å². The van der Waals surface area contributed by atoms with E-state index in [0.717, 1.165) is 0 Å². The van der Waals surface area contributed by atoms with Crippen molar-refractivity contribution >= 4 is 0 Å². The fourth-order valence-corrected chi connectivity index (χ4v) is 2.38. The van der Waals surface area contributed by atoms with E-state index in [1.807, 2.05) is 6.07 Å². The molecule has 1 aromatic rings. The summed E-state index contributed by atoms with van der Waals surface area (Å²) in [6.07, 6.45) is -2.51. The Balaban J connectivity index is 1.97. The lowest BCUT2D eigenvalue weighted by molar-refractivity contribution is -0.140. The molecule has 0 aliphatic heterocycles. The predicted molar refractivity (Wildman–Crippen MR) is 69.7 cm³/mol. The predicted octanol–water partition coefficient (Wildman–Crippen LogP) is 4.32. The van der Waals surface area contributed by atoms with Crippen LogP contribution < -0.4 is 5.32 Å². The van der Waals surface area contributed by atoms with Crippen molar-refractivity contribution in [2.45, 2.75) is 38.4 Å². The van der Waals surface area contributed by atoms with Crippen LogP contribution in [0.5, 0.6) is 0 Å². The highest BCUT2D eigenvalue weighted by molar-refractivity contribution is 5.19. The second-order valence-corrected chi connectivity index (χ2v) is 5.51. The number of alkyl halides is 3. The maximum absolute atomic E-state index is 12.6. The molecule has 0 heterocycles. The molecule has 0 amide bonds. The van der Waals surface area contributed by atoms with Crippen molar-refractivity contribution in [1.29, 1.82) is 0 Å². The summed E-state index contributed by atoms with van der Waals surface area (Å²) in [7, 11) is 0. The molecule has 1 aliphatic carbocycles. The molecule has 106 valence electrons. The second kappa shape index (κ2) is 5.95. The lowest BCUT2D eigenvalue weighted by Crippen LogP contribution is -2.30. The zero-order chi connectivity index (χ0) is 13.9. The molecule has 1 aromatic carbocycles. The molecule has 1 N–H and O–H groups in total. The van der Waals surface area contributed by atoms with E-state index >= 15 is 0 Å². The number of hydrogen-bond acceptors (Lipinski definition) is 1. The van der Waals surface area contributed by atoms with E-state index in [1.54, 1.807) is 24.3 Å². The molecule has 1 nitrogen and oxygen atoms in total. The van der Waals surface area contributed by atoms with Crippen LogP contribution in [0.4, 0.5) is 13.2 Å². The molecule has 1 saturated carbocycles. The zero-order valence-electron chi connectivity index (χ0n) is 11.1. The lowest BCUT2D eigenvalue weighted by Gasteiger charge is -2.23. The van der Waals surface area contributed by atoms with Gasteiger partial charge >= 0.3 is 6.18 Å². The van der Waals surface area contributed by atoms with E-state index in [4.69, 9.17) is 0 Å². The van der Waals surface area contributed by atoms with Crippen LogP contribution in [0.3, 0.4) is 0 Å². The Morgan fingerprint density at radius 1 is 1.21 bits per heavy atom. The van der Waals surface area contributed by atoms with Crippen LogP contribution in [0.25, 0.3) is 0 Å². The topological polar surface area (TPSA) is 12.0 Å². The minimum absolute atomic E-state index is 0.458. The van der Waals surface area contributed by atoms with E-state index in [-0.39, 0.29) is 0 Å². The van der Waals surface area contributed by atoms with E-state index in [1.165, 1.54) is 12.8 Å². The molecule has 0 aromatic heterocycles. The minimum atomic E-state index is -4.14. The summed E-state index contributed by atoms with van der Waals surface area (Å²) in [4.78, 5) is 0. The summed E-state index contributed by atoms with van der Waals surface area (Å²) in [5.74, 6) is 1.16. The number of nitrogens with one attached hydrogen (secondary N) is 1. The first-order valence-electron chi connectivity index (χ1n) is 6.81. The van der Waals surface area contributed by atoms with E-state index < -0.39 is 18.6 Å². The van der Waals surface area contributed by atoms with Gasteiger partial charge in [-0.2, -0.15) is 13.2 Å². The Morgan fingerprint density at radius 3 is 2.37 bits per heavy atom. The summed E-state index contributed by atoms with van der Waals surface area (Å²) >= 11 is 0. The van der Waals surface area contributed by atoms with Crippen molar-refractivity contribution in [3.8, 4) is 0 Å². The molecular weight excluding hydrogens is 251 g/mol. The number of rotatable bonds is 6. The fraction of sp³-hybridized carbons (Fsp3) is 0.600. The molecule has 2 atom stereocenters. The molecule has 0 saturated heterocycles. The molecule has 19 heavy (non-hydrogen) atoms. The summed E-state index contributed by atoms with van der Waals surface area (Å²) in [5, 5.41) is 3.09. The van der Waals surface area contributed by atoms with Gasteiger partial charge in [0, 0.05) is 6.04 Å². The molecule has 1 fully saturated rings. The van der Waals surface area contributed by atoms with Gasteiger partial charge in [0.1, 0.15) is 0 Å². The first-order valence-corrected chi connectivity index (χ1v) is 6.81. The van der Waals surface area contributed by atoms with Crippen LogP contribution in [0.2, 0.25) is 0 Å². The Labute approximate surface area is 112 Å².